The first-order valence-corrected chi connectivity index (χ1v) is 3.84. The summed E-state index contributed by atoms with van der Waals surface area (Å²) in [6, 6.07) is 1.44. The molecule has 1 aliphatic heterocycles. The first-order chi connectivity index (χ1) is 5.57. The van der Waals surface area contributed by atoms with Gasteiger partial charge in [0.1, 0.15) is 11.9 Å². The number of hydrogen-bond donors (Lipinski definition) is 1. The molecule has 0 amide bonds. The highest BCUT2D eigenvalue weighted by Crippen LogP contribution is 2.19. The van der Waals surface area contributed by atoms with Crippen LogP contribution in [0.25, 0.3) is 0 Å². The average Bonchev–Trinajstić information content (AvgIpc) is 2.27. The van der Waals surface area contributed by atoms with Gasteiger partial charge in [-0.25, -0.2) is 0 Å². The van der Waals surface area contributed by atoms with Crippen molar-refractivity contribution < 1.29 is 4.79 Å². The Morgan fingerprint density at radius 1 is 1.67 bits per heavy atom. The highest BCUT2D eigenvalue weighted by atomic mass is 16.1. The molecule has 0 spiro atoms. The number of nitrogens with two attached hydrogens (primary N) is 1. The SMILES string of the molecule is CC(C)C1N=C(N)C(C#N)C1=O. The van der Waals surface area contributed by atoms with Crippen molar-refractivity contribution in [2.24, 2.45) is 22.6 Å². The fourth-order valence-corrected chi connectivity index (χ4v) is 1.22. The van der Waals surface area contributed by atoms with Crippen molar-refractivity contribution in [1.29, 1.82) is 5.26 Å². The Bertz CT molecular complexity index is 275. The predicted octanol–water partition coefficient (Wildman–Crippen LogP) is 0.0907. The van der Waals surface area contributed by atoms with Crippen LogP contribution in [-0.4, -0.2) is 17.7 Å². The van der Waals surface area contributed by atoms with Crippen LogP contribution >= 0.6 is 0 Å². The summed E-state index contributed by atoms with van der Waals surface area (Å²) in [5, 5.41) is 8.57. The maximum atomic E-state index is 11.4. The molecule has 0 aliphatic carbocycles. The van der Waals surface area contributed by atoms with Gasteiger partial charge in [-0.3, -0.25) is 9.79 Å². The molecule has 4 heteroatoms. The minimum Gasteiger partial charge on any atom is -0.386 e. The Kier molecular flexibility index (Phi) is 2.13. The van der Waals surface area contributed by atoms with Crippen molar-refractivity contribution in [3.05, 3.63) is 0 Å². The van der Waals surface area contributed by atoms with E-state index in [1.165, 1.54) is 0 Å². The molecule has 2 unspecified atom stereocenters. The van der Waals surface area contributed by atoms with Crippen LogP contribution in [0.5, 0.6) is 0 Å². The molecule has 1 heterocycles. The van der Waals surface area contributed by atoms with Gasteiger partial charge in [-0.2, -0.15) is 5.26 Å². The lowest BCUT2D eigenvalue weighted by Gasteiger charge is -2.08. The quantitative estimate of drug-likeness (QED) is 0.598. The summed E-state index contributed by atoms with van der Waals surface area (Å²) in [6.07, 6.45) is 0. The predicted molar refractivity (Wildman–Crippen MR) is 44.4 cm³/mol. The molecule has 0 radical (unpaired) electrons. The van der Waals surface area contributed by atoms with Gasteiger partial charge in [0.2, 0.25) is 0 Å². The molecule has 64 valence electrons. The highest BCUT2D eigenvalue weighted by Gasteiger charge is 2.37. The van der Waals surface area contributed by atoms with E-state index in [9.17, 15) is 4.79 Å². The molecule has 0 aromatic rings. The van der Waals surface area contributed by atoms with Crippen molar-refractivity contribution >= 4 is 11.6 Å². The number of nitriles is 1. The van der Waals surface area contributed by atoms with Gasteiger partial charge in [0, 0.05) is 0 Å². The van der Waals surface area contributed by atoms with Crippen LogP contribution in [0, 0.1) is 23.2 Å². The summed E-state index contributed by atoms with van der Waals surface area (Å²) in [7, 11) is 0. The van der Waals surface area contributed by atoms with Crippen molar-refractivity contribution in [3.63, 3.8) is 0 Å². The van der Waals surface area contributed by atoms with Crippen molar-refractivity contribution in [3.8, 4) is 6.07 Å². The number of Topliss-reactive ketones (excluding diaryl/α,β-unsaturated/α-hetero) is 1. The van der Waals surface area contributed by atoms with Crippen LogP contribution in [0.15, 0.2) is 4.99 Å². The number of rotatable bonds is 1. The van der Waals surface area contributed by atoms with Crippen LogP contribution in [0.3, 0.4) is 0 Å². The molecule has 0 aromatic heterocycles. The number of carbonyl (C=O) groups excluding carboxylic acids is 1. The second-order valence-electron chi connectivity index (χ2n) is 3.21. The average molecular weight is 165 g/mol. The molecule has 0 fully saturated rings. The zero-order valence-corrected chi connectivity index (χ0v) is 7.11. The molecule has 12 heavy (non-hydrogen) atoms. The van der Waals surface area contributed by atoms with Gasteiger partial charge < -0.3 is 5.73 Å². The molecule has 0 saturated heterocycles. The fourth-order valence-electron chi connectivity index (χ4n) is 1.22. The number of carbonyl (C=O) groups is 1. The fraction of sp³-hybridized carbons (Fsp3) is 0.625. The van der Waals surface area contributed by atoms with E-state index in [0.29, 0.717) is 0 Å². The lowest BCUT2D eigenvalue weighted by molar-refractivity contribution is -0.120. The highest BCUT2D eigenvalue weighted by molar-refractivity contribution is 6.12. The van der Waals surface area contributed by atoms with E-state index in [1.807, 2.05) is 19.9 Å². The van der Waals surface area contributed by atoms with Gasteiger partial charge in [0.25, 0.3) is 0 Å². The summed E-state index contributed by atoms with van der Waals surface area (Å²) < 4.78 is 0. The van der Waals surface area contributed by atoms with E-state index in [2.05, 4.69) is 4.99 Å². The molecule has 0 aromatic carbocycles. The third kappa shape index (κ3) is 1.18. The second-order valence-corrected chi connectivity index (χ2v) is 3.21. The molecule has 2 N–H and O–H groups in total. The zero-order chi connectivity index (χ0) is 9.30. The summed E-state index contributed by atoms with van der Waals surface area (Å²) in [4.78, 5) is 15.3. The molecular formula is C8H11N3O. The lowest BCUT2D eigenvalue weighted by Crippen LogP contribution is -2.28. The first-order valence-electron chi connectivity index (χ1n) is 3.84. The maximum Gasteiger partial charge on any atom is 0.182 e. The third-order valence-electron chi connectivity index (χ3n) is 1.92. The van der Waals surface area contributed by atoms with Gasteiger partial charge in [-0.1, -0.05) is 13.8 Å². The largest absolute Gasteiger partial charge is 0.386 e. The summed E-state index contributed by atoms with van der Waals surface area (Å²) in [5.74, 6) is -0.682. The van der Waals surface area contributed by atoms with Gasteiger partial charge in [0.05, 0.1) is 6.07 Å². The molecule has 0 bridgehead atoms. The monoisotopic (exact) mass is 165 g/mol. The van der Waals surface area contributed by atoms with Gasteiger partial charge in [-0.15, -0.1) is 0 Å². The van der Waals surface area contributed by atoms with Crippen molar-refractivity contribution in [2.75, 3.05) is 0 Å². The van der Waals surface area contributed by atoms with E-state index < -0.39 is 12.0 Å². The normalized spacial score (nSPS) is 28.8. The van der Waals surface area contributed by atoms with E-state index in [4.69, 9.17) is 11.0 Å². The Labute approximate surface area is 71.1 Å². The molecule has 4 nitrogen and oxygen atoms in total. The van der Waals surface area contributed by atoms with Crippen LogP contribution in [0.2, 0.25) is 0 Å². The van der Waals surface area contributed by atoms with Gasteiger partial charge in [0.15, 0.2) is 11.7 Å². The summed E-state index contributed by atoms with van der Waals surface area (Å²) in [6.45, 7) is 3.78. The summed E-state index contributed by atoms with van der Waals surface area (Å²) in [5.41, 5.74) is 5.41. The molecule has 0 saturated carbocycles. The smallest absolute Gasteiger partial charge is 0.182 e. The number of amidine groups is 1. The Morgan fingerprint density at radius 3 is 2.50 bits per heavy atom. The Hall–Kier alpha value is -1.37. The zero-order valence-electron chi connectivity index (χ0n) is 7.11. The van der Waals surface area contributed by atoms with Crippen molar-refractivity contribution in [2.45, 2.75) is 19.9 Å². The topological polar surface area (TPSA) is 79.2 Å². The molecule has 1 rings (SSSR count). The van der Waals surface area contributed by atoms with Crippen LogP contribution in [0.1, 0.15) is 13.8 Å². The standard InChI is InChI=1S/C8H11N3O/c1-4(2)6-7(12)5(3-9)8(10)11-6/h4-6H,1-2H3,(H2,10,11). The number of ketones is 1. The number of hydrogen-bond acceptors (Lipinski definition) is 4. The lowest BCUT2D eigenvalue weighted by atomic mass is 9.96. The number of aliphatic imine (C=N–C) groups is 1. The minimum absolute atomic E-state index is 0.120. The van der Waals surface area contributed by atoms with Gasteiger partial charge in [-0.05, 0) is 5.92 Å². The van der Waals surface area contributed by atoms with Crippen molar-refractivity contribution in [1.82, 2.24) is 0 Å². The third-order valence-corrected chi connectivity index (χ3v) is 1.92. The maximum absolute atomic E-state index is 11.4. The van der Waals surface area contributed by atoms with E-state index in [-0.39, 0.29) is 17.5 Å². The van der Waals surface area contributed by atoms with E-state index in [0.717, 1.165) is 0 Å². The molecular weight excluding hydrogens is 154 g/mol. The molecule has 2 atom stereocenters. The molecule has 1 aliphatic rings. The van der Waals surface area contributed by atoms with Gasteiger partial charge >= 0.3 is 0 Å². The minimum atomic E-state index is -0.808. The van der Waals surface area contributed by atoms with E-state index in [1.54, 1.807) is 0 Å². The summed E-state index contributed by atoms with van der Waals surface area (Å²) >= 11 is 0. The Balaban J connectivity index is 2.89. The van der Waals surface area contributed by atoms with E-state index >= 15 is 0 Å². The van der Waals surface area contributed by atoms with Crippen LogP contribution in [-0.2, 0) is 4.79 Å². The first kappa shape index (κ1) is 8.72. The Morgan fingerprint density at radius 2 is 2.25 bits per heavy atom. The van der Waals surface area contributed by atoms with Crippen LogP contribution < -0.4 is 5.73 Å². The van der Waals surface area contributed by atoms with Crippen LogP contribution in [0.4, 0.5) is 0 Å². The number of nitrogens with zero attached hydrogens (tertiary/aromatic N) is 2. The second kappa shape index (κ2) is 2.94.